The van der Waals surface area contributed by atoms with Gasteiger partial charge in [0.1, 0.15) is 0 Å². The Morgan fingerprint density at radius 1 is 1.17 bits per heavy atom. The molecule has 2 aromatic rings. The van der Waals surface area contributed by atoms with E-state index in [2.05, 4.69) is 15.0 Å². The lowest BCUT2D eigenvalue weighted by atomic mass is 9.89. The number of carbonyl (C=O) groups is 1. The summed E-state index contributed by atoms with van der Waals surface area (Å²) in [6.07, 6.45) is 10.5. The normalized spacial score (nSPS) is 25.7. The van der Waals surface area contributed by atoms with E-state index in [4.69, 9.17) is 0 Å². The molecule has 1 saturated heterocycles. The minimum absolute atomic E-state index is 0.121. The van der Waals surface area contributed by atoms with Crippen molar-refractivity contribution in [2.45, 2.75) is 26.2 Å². The van der Waals surface area contributed by atoms with E-state index in [0.29, 0.717) is 23.3 Å². The third-order valence-corrected chi connectivity index (χ3v) is 5.54. The van der Waals surface area contributed by atoms with Gasteiger partial charge in [-0.2, -0.15) is 0 Å². The minimum atomic E-state index is 0.121. The first-order chi connectivity index (χ1) is 11.7. The Balaban J connectivity index is 1.44. The van der Waals surface area contributed by atoms with Gasteiger partial charge >= 0.3 is 0 Å². The Labute approximate surface area is 142 Å². The molecule has 5 heteroatoms. The summed E-state index contributed by atoms with van der Waals surface area (Å²) in [5.41, 5.74) is 2.70. The van der Waals surface area contributed by atoms with Crippen LogP contribution in [0.2, 0.25) is 0 Å². The molecular weight excluding hydrogens is 300 g/mol. The quantitative estimate of drug-likeness (QED) is 0.871. The molecule has 4 rings (SSSR count). The molecule has 0 spiro atoms. The number of rotatable bonds is 3. The molecule has 0 aromatic carbocycles. The number of pyridine rings is 1. The first-order valence-corrected chi connectivity index (χ1v) is 8.67. The summed E-state index contributed by atoms with van der Waals surface area (Å²) < 4.78 is 0. The van der Waals surface area contributed by atoms with Gasteiger partial charge in [0, 0.05) is 43.6 Å². The molecule has 1 amide bonds. The topological polar surface area (TPSA) is 59.0 Å². The van der Waals surface area contributed by atoms with E-state index in [1.165, 1.54) is 12.8 Å². The van der Waals surface area contributed by atoms with Crippen LogP contribution in [0.25, 0.3) is 0 Å². The van der Waals surface area contributed by atoms with Crippen LogP contribution >= 0.6 is 0 Å². The van der Waals surface area contributed by atoms with Crippen LogP contribution in [0.3, 0.4) is 0 Å². The smallest absolute Gasteiger partial charge is 0.255 e. The molecule has 124 valence electrons. The van der Waals surface area contributed by atoms with E-state index in [9.17, 15) is 4.79 Å². The van der Waals surface area contributed by atoms with Gasteiger partial charge in [-0.05, 0) is 56.1 Å². The van der Waals surface area contributed by atoms with Crippen molar-refractivity contribution in [2.24, 2.45) is 17.8 Å². The van der Waals surface area contributed by atoms with Crippen LogP contribution in [0.15, 0.2) is 36.9 Å². The van der Waals surface area contributed by atoms with Crippen molar-refractivity contribution in [2.75, 3.05) is 13.1 Å². The number of fused-ring (bicyclic) bond motifs is 1. The summed E-state index contributed by atoms with van der Waals surface area (Å²) in [5, 5.41) is 0. The lowest BCUT2D eigenvalue weighted by Gasteiger charge is -2.20. The second kappa shape index (κ2) is 6.30. The van der Waals surface area contributed by atoms with Gasteiger partial charge in [-0.25, -0.2) is 0 Å². The van der Waals surface area contributed by atoms with Crippen LogP contribution in [0.5, 0.6) is 0 Å². The third-order valence-electron chi connectivity index (χ3n) is 5.54. The highest BCUT2D eigenvalue weighted by atomic mass is 16.2. The highest BCUT2D eigenvalue weighted by Gasteiger charge is 2.44. The Hall–Kier alpha value is -2.30. The Morgan fingerprint density at radius 2 is 2.08 bits per heavy atom. The first kappa shape index (κ1) is 15.2. The van der Waals surface area contributed by atoms with Crippen LogP contribution in [0.4, 0.5) is 0 Å². The van der Waals surface area contributed by atoms with E-state index >= 15 is 0 Å². The van der Waals surface area contributed by atoms with Crippen molar-refractivity contribution >= 4 is 5.91 Å². The van der Waals surface area contributed by atoms with Crippen molar-refractivity contribution in [1.82, 2.24) is 19.9 Å². The fraction of sp³-hybridized carbons (Fsp3) is 0.474. The predicted octanol–water partition coefficient (Wildman–Crippen LogP) is 2.52. The van der Waals surface area contributed by atoms with Gasteiger partial charge in [0.25, 0.3) is 5.91 Å². The van der Waals surface area contributed by atoms with Gasteiger partial charge in [0.15, 0.2) is 0 Å². The van der Waals surface area contributed by atoms with Gasteiger partial charge in [-0.15, -0.1) is 0 Å². The van der Waals surface area contributed by atoms with Crippen molar-refractivity contribution in [3.05, 3.63) is 53.9 Å². The SMILES string of the molecule is Cc1ccc(C(=O)N2C[C@H]3CC[C@H](Cc4cnccn4)[C@H]3C2)cn1. The lowest BCUT2D eigenvalue weighted by molar-refractivity contribution is 0.0776. The summed E-state index contributed by atoms with van der Waals surface area (Å²) in [4.78, 5) is 27.6. The zero-order valence-corrected chi connectivity index (χ0v) is 13.9. The van der Waals surface area contributed by atoms with Gasteiger partial charge in [-0.1, -0.05) is 0 Å². The third kappa shape index (κ3) is 2.90. The number of likely N-dealkylation sites (tertiary alicyclic amines) is 1. The largest absolute Gasteiger partial charge is 0.338 e. The van der Waals surface area contributed by atoms with Gasteiger partial charge in [0.05, 0.1) is 11.3 Å². The van der Waals surface area contributed by atoms with E-state index in [0.717, 1.165) is 30.9 Å². The second-order valence-corrected chi connectivity index (χ2v) is 7.06. The fourth-order valence-corrected chi connectivity index (χ4v) is 4.28. The van der Waals surface area contributed by atoms with E-state index in [-0.39, 0.29) is 5.91 Å². The molecule has 5 nitrogen and oxygen atoms in total. The van der Waals surface area contributed by atoms with Crippen molar-refractivity contribution in [3.63, 3.8) is 0 Å². The molecule has 24 heavy (non-hydrogen) atoms. The van der Waals surface area contributed by atoms with E-state index in [1.807, 2.05) is 30.2 Å². The van der Waals surface area contributed by atoms with Crippen LogP contribution in [0.1, 0.15) is 34.6 Å². The van der Waals surface area contributed by atoms with E-state index < -0.39 is 0 Å². The molecule has 0 N–H and O–H groups in total. The highest BCUT2D eigenvalue weighted by Crippen LogP contribution is 2.43. The van der Waals surface area contributed by atoms with Crippen LogP contribution in [-0.2, 0) is 6.42 Å². The molecular formula is C19H22N4O. The lowest BCUT2D eigenvalue weighted by Crippen LogP contribution is -2.30. The Bertz CT molecular complexity index is 716. The zero-order valence-electron chi connectivity index (χ0n) is 13.9. The number of aromatic nitrogens is 3. The standard InChI is InChI=1S/C19H22N4O/c1-13-2-3-15(9-22-13)19(24)23-11-16-5-4-14(18(16)12-23)8-17-10-20-6-7-21-17/h2-3,6-7,9-10,14,16,18H,4-5,8,11-12H2,1H3/t14-,16-,18-/m1/s1. The maximum absolute atomic E-state index is 12.7. The van der Waals surface area contributed by atoms with Crippen LogP contribution < -0.4 is 0 Å². The molecule has 3 heterocycles. The number of carbonyl (C=O) groups excluding carboxylic acids is 1. The van der Waals surface area contributed by atoms with Crippen LogP contribution in [0, 0.1) is 24.7 Å². The summed E-state index contributed by atoms with van der Waals surface area (Å²) in [5.74, 6) is 1.96. The maximum Gasteiger partial charge on any atom is 0.255 e. The van der Waals surface area contributed by atoms with Crippen molar-refractivity contribution in [1.29, 1.82) is 0 Å². The molecule has 1 aliphatic carbocycles. The Kier molecular flexibility index (Phi) is 4.00. The minimum Gasteiger partial charge on any atom is -0.338 e. The molecule has 0 bridgehead atoms. The molecule has 1 aliphatic heterocycles. The molecule has 2 aromatic heterocycles. The highest BCUT2D eigenvalue weighted by molar-refractivity contribution is 5.94. The van der Waals surface area contributed by atoms with Crippen LogP contribution in [-0.4, -0.2) is 38.8 Å². The first-order valence-electron chi connectivity index (χ1n) is 8.67. The number of hydrogen-bond acceptors (Lipinski definition) is 4. The average molecular weight is 322 g/mol. The predicted molar refractivity (Wildman–Crippen MR) is 90.3 cm³/mol. The van der Waals surface area contributed by atoms with Gasteiger partial charge in [0.2, 0.25) is 0 Å². The number of nitrogens with zero attached hydrogens (tertiary/aromatic N) is 4. The summed E-state index contributed by atoms with van der Waals surface area (Å²) in [6, 6.07) is 3.79. The van der Waals surface area contributed by atoms with Crippen molar-refractivity contribution in [3.8, 4) is 0 Å². The fourth-order valence-electron chi connectivity index (χ4n) is 4.28. The molecule has 0 unspecified atom stereocenters. The number of amides is 1. The van der Waals surface area contributed by atoms with Crippen molar-refractivity contribution < 1.29 is 4.79 Å². The summed E-state index contributed by atoms with van der Waals surface area (Å²) in [6.45, 7) is 3.68. The van der Waals surface area contributed by atoms with E-state index in [1.54, 1.807) is 18.6 Å². The van der Waals surface area contributed by atoms with Gasteiger partial charge < -0.3 is 4.90 Å². The van der Waals surface area contributed by atoms with Gasteiger partial charge in [-0.3, -0.25) is 19.7 Å². The number of hydrogen-bond donors (Lipinski definition) is 0. The zero-order chi connectivity index (χ0) is 16.5. The summed E-state index contributed by atoms with van der Waals surface area (Å²) in [7, 11) is 0. The average Bonchev–Trinajstić information content (AvgIpc) is 3.18. The number of aryl methyl sites for hydroxylation is 1. The Morgan fingerprint density at radius 3 is 2.83 bits per heavy atom. The molecule has 1 saturated carbocycles. The molecule has 0 radical (unpaired) electrons. The monoisotopic (exact) mass is 322 g/mol. The molecule has 2 fully saturated rings. The molecule has 3 atom stereocenters. The molecule has 2 aliphatic rings. The second-order valence-electron chi connectivity index (χ2n) is 7.06. The maximum atomic E-state index is 12.7. The summed E-state index contributed by atoms with van der Waals surface area (Å²) >= 11 is 0.